The van der Waals surface area contributed by atoms with Gasteiger partial charge in [0, 0.05) is 122 Å². The van der Waals surface area contributed by atoms with Crippen LogP contribution in [0.5, 0.6) is 0 Å². The molecule has 0 atom stereocenters. The Morgan fingerprint density at radius 2 is 0.429 bits per heavy atom. The Balaban J connectivity index is 0. The van der Waals surface area contributed by atoms with Gasteiger partial charge in [0.05, 0.1) is 0 Å². The molecule has 0 amide bonds. The SMILES string of the molecule is O.[Sn].[Sn].[V].[V].[V].[V]. The molecule has 0 bridgehead atoms. The normalized spacial score (nSPS) is 0. The van der Waals surface area contributed by atoms with Crippen LogP contribution in [0.25, 0.3) is 0 Å². The van der Waals surface area contributed by atoms with E-state index in [0.29, 0.717) is 0 Å². The molecule has 1 nitrogen and oxygen atoms in total. The molecule has 0 aliphatic carbocycles. The molecule has 0 aromatic heterocycles. The summed E-state index contributed by atoms with van der Waals surface area (Å²) in [6.45, 7) is 0. The van der Waals surface area contributed by atoms with Gasteiger partial charge < -0.3 is 5.48 Å². The molecule has 0 heterocycles. The van der Waals surface area contributed by atoms with E-state index in [0.717, 1.165) is 0 Å². The van der Waals surface area contributed by atoms with Crippen LogP contribution in [0.2, 0.25) is 0 Å². The van der Waals surface area contributed by atoms with Crippen molar-refractivity contribution in [3.63, 3.8) is 0 Å². The van der Waals surface area contributed by atoms with Crippen molar-refractivity contribution in [3.8, 4) is 0 Å². The molecule has 0 aliphatic heterocycles. The third kappa shape index (κ3) is 40.7. The molecule has 0 spiro atoms. The summed E-state index contributed by atoms with van der Waals surface area (Å²) in [5.74, 6) is 0. The average molecular weight is 459 g/mol. The maximum Gasteiger partial charge on any atom is 0 e. The predicted octanol–water partition coefficient (Wildman–Crippen LogP) is -1.60. The number of rotatable bonds is 0. The minimum atomic E-state index is 0. The molecule has 0 aromatic carbocycles. The largest absolute Gasteiger partial charge is 0.412 e. The fourth-order valence-electron chi connectivity index (χ4n) is 0. The van der Waals surface area contributed by atoms with Gasteiger partial charge in [-0.05, 0) is 0 Å². The molecule has 0 unspecified atom stereocenters. The standard InChI is InChI=1S/H2O.2Sn.4V/h1H2;;;;;;. The average Bonchev–Trinajstić information content (AvgIpc) is 0. The van der Waals surface area contributed by atoms with Crippen molar-refractivity contribution in [2.75, 3.05) is 0 Å². The van der Waals surface area contributed by atoms with Crippen molar-refractivity contribution >= 4 is 47.8 Å². The fraction of sp³-hybridized carbons (Fsp3) is 0. The van der Waals surface area contributed by atoms with Crippen molar-refractivity contribution < 1.29 is 79.7 Å². The van der Waals surface area contributed by atoms with Gasteiger partial charge in [0.15, 0.2) is 0 Å². The Bertz CT molecular complexity index is 9.65. The summed E-state index contributed by atoms with van der Waals surface area (Å²) in [6, 6.07) is 0. The molecule has 0 aliphatic rings. The van der Waals surface area contributed by atoms with Crippen LogP contribution < -0.4 is 0 Å². The Labute approximate surface area is 125 Å². The Morgan fingerprint density at radius 3 is 0.429 bits per heavy atom. The minimum Gasteiger partial charge on any atom is -0.412 e. The predicted molar refractivity (Wildman–Crippen MR) is 15.1 cm³/mol. The van der Waals surface area contributed by atoms with Crippen LogP contribution in [0, 0.1) is 0 Å². The van der Waals surface area contributed by atoms with Gasteiger partial charge in [0.1, 0.15) is 0 Å². The molecular formula is H2OSn2V4. The van der Waals surface area contributed by atoms with E-state index in [1.807, 2.05) is 0 Å². The smallest absolute Gasteiger partial charge is 0 e. The molecule has 7 heavy (non-hydrogen) atoms. The van der Waals surface area contributed by atoms with Gasteiger partial charge in [-0.1, -0.05) is 0 Å². The summed E-state index contributed by atoms with van der Waals surface area (Å²) in [4.78, 5) is 0. The van der Waals surface area contributed by atoms with Crippen LogP contribution in [0.15, 0.2) is 0 Å². The van der Waals surface area contributed by atoms with E-state index >= 15 is 0 Å². The zero-order valence-electron chi connectivity index (χ0n) is 3.29. The molecule has 2 N–H and O–H groups in total. The zero-order valence-corrected chi connectivity index (χ0v) is 14.6. The monoisotopic (exact) mass is 462 g/mol. The van der Waals surface area contributed by atoms with E-state index < -0.39 is 0 Å². The zero-order chi connectivity index (χ0) is 0. The van der Waals surface area contributed by atoms with Gasteiger partial charge in [0.25, 0.3) is 0 Å². The van der Waals surface area contributed by atoms with E-state index in [1.54, 1.807) is 0 Å². The van der Waals surface area contributed by atoms with Gasteiger partial charge in [-0.25, -0.2) is 0 Å². The first-order chi connectivity index (χ1) is 0. The second kappa shape index (κ2) is 51.6. The van der Waals surface area contributed by atoms with Crippen molar-refractivity contribution in [1.82, 2.24) is 0 Å². The molecule has 12 radical (unpaired) electrons. The number of hydrogen-bond donors (Lipinski definition) is 0. The van der Waals surface area contributed by atoms with E-state index in [1.165, 1.54) is 0 Å². The van der Waals surface area contributed by atoms with Crippen LogP contribution >= 0.6 is 0 Å². The van der Waals surface area contributed by atoms with Gasteiger partial charge in [-0.2, -0.15) is 0 Å². The summed E-state index contributed by atoms with van der Waals surface area (Å²) in [6.07, 6.45) is 0. The number of hydrogen-bond acceptors (Lipinski definition) is 0. The van der Waals surface area contributed by atoms with Crippen LogP contribution in [0.4, 0.5) is 0 Å². The maximum atomic E-state index is 0. The van der Waals surface area contributed by atoms with Gasteiger partial charge in [-0.3, -0.25) is 0 Å². The molecule has 0 saturated carbocycles. The first-order valence-electron chi connectivity index (χ1n) is 0. The second-order valence-electron chi connectivity index (χ2n) is 0. The summed E-state index contributed by atoms with van der Waals surface area (Å²) in [5, 5.41) is 0. The van der Waals surface area contributed by atoms with Gasteiger partial charge >= 0.3 is 0 Å². The molecule has 7 heteroatoms. The summed E-state index contributed by atoms with van der Waals surface area (Å²) < 4.78 is 0. The first kappa shape index (κ1) is 70.3. The van der Waals surface area contributed by atoms with Crippen molar-refractivity contribution in [1.29, 1.82) is 0 Å². The minimum absolute atomic E-state index is 0. The maximum absolute atomic E-state index is 0. The molecule has 0 rings (SSSR count). The Hall–Kier alpha value is 3.90. The van der Waals surface area contributed by atoms with Crippen LogP contribution in [0.3, 0.4) is 0 Å². The van der Waals surface area contributed by atoms with E-state index in [2.05, 4.69) is 0 Å². The third-order valence-corrected chi connectivity index (χ3v) is 0. The molecule has 0 aromatic rings. The molecule has 36 valence electrons. The summed E-state index contributed by atoms with van der Waals surface area (Å²) in [5.41, 5.74) is 0. The van der Waals surface area contributed by atoms with Crippen molar-refractivity contribution in [2.45, 2.75) is 0 Å². The van der Waals surface area contributed by atoms with Gasteiger partial charge in [-0.15, -0.1) is 0 Å². The van der Waals surface area contributed by atoms with E-state index in [4.69, 9.17) is 0 Å². The third-order valence-electron chi connectivity index (χ3n) is 0. The van der Waals surface area contributed by atoms with Crippen LogP contribution in [-0.2, 0) is 74.2 Å². The second-order valence-corrected chi connectivity index (χ2v) is 0. The Kier molecular flexibility index (Phi) is 518. The summed E-state index contributed by atoms with van der Waals surface area (Å²) in [7, 11) is 0. The topological polar surface area (TPSA) is 31.5 Å². The van der Waals surface area contributed by atoms with Crippen molar-refractivity contribution in [3.05, 3.63) is 0 Å². The van der Waals surface area contributed by atoms with Crippen LogP contribution in [0.1, 0.15) is 0 Å². The van der Waals surface area contributed by atoms with Crippen LogP contribution in [-0.4, -0.2) is 53.3 Å². The summed E-state index contributed by atoms with van der Waals surface area (Å²) >= 11 is 0. The van der Waals surface area contributed by atoms with Gasteiger partial charge in [0.2, 0.25) is 0 Å². The molecule has 0 saturated heterocycles. The van der Waals surface area contributed by atoms with E-state index in [9.17, 15) is 0 Å². The fourth-order valence-corrected chi connectivity index (χ4v) is 0. The molecular weight excluding hydrogens is 457 g/mol. The molecule has 0 fully saturated rings. The first-order valence-corrected chi connectivity index (χ1v) is 0. The Morgan fingerprint density at radius 1 is 0.429 bits per heavy atom. The van der Waals surface area contributed by atoms with E-state index in [-0.39, 0.29) is 128 Å². The van der Waals surface area contributed by atoms with Crippen molar-refractivity contribution in [2.24, 2.45) is 0 Å². The quantitative estimate of drug-likeness (QED) is 0.392.